The highest BCUT2D eigenvalue weighted by molar-refractivity contribution is 5.55. The van der Waals surface area contributed by atoms with Gasteiger partial charge in [0.25, 0.3) is 0 Å². The normalized spacial score (nSPS) is 12.1. The summed E-state index contributed by atoms with van der Waals surface area (Å²) < 4.78 is 5.24. The Kier molecular flexibility index (Phi) is 3.20. The summed E-state index contributed by atoms with van der Waals surface area (Å²) in [6.07, 6.45) is 2.75. The number of ether oxygens (including phenoxy) is 1. The lowest BCUT2D eigenvalue weighted by Gasteiger charge is -2.08. The van der Waals surface area contributed by atoms with E-state index in [4.69, 9.17) is 10.5 Å². The Labute approximate surface area is 98.9 Å². The number of nitrogens with two attached hydrogens (primary N) is 1. The molecule has 5 heteroatoms. The van der Waals surface area contributed by atoms with E-state index in [0.717, 1.165) is 5.56 Å². The topological polar surface area (TPSA) is 81.3 Å². The molecule has 17 heavy (non-hydrogen) atoms. The third-order valence-corrected chi connectivity index (χ3v) is 2.08. The number of benzene rings is 1. The lowest BCUT2D eigenvalue weighted by atomic mass is 10.2. The van der Waals surface area contributed by atoms with Gasteiger partial charge in [0, 0.05) is 5.56 Å². The van der Waals surface area contributed by atoms with Crippen LogP contribution < -0.4 is 10.5 Å². The van der Waals surface area contributed by atoms with E-state index in [1.54, 1.807) is 43.6 Å². The minimum absolute atomic E-state index is 0.214. The average Bonchev–Trinajstić information content (AvgIpc) is 2.30. The molecule has 1 atom stereocenters. The quantitative estimate of drug-likeness (QED) is 0.783. The van der Waals surface area contributed by atoms with E-state index in [-0.39, 0.29) is 5.75 Å². The maximum absolute atomic E-state index is 9.17. The van der Waals surface area contributed by atoms with Gasteiger partial charge >= 0.3 is 0 Å². The average molecular weight is 231 g/mol. The molecule has 2 rings (SSSR count). The molecule has 0 aliphatic rings. The fourth-order valence-corrected chi connectivity index (χ4v) is 1.35. The molecule has 0 aliphatic heterocycles. The highest BCUT2D eigenvalue weighted by Gasteiger charge is 2.03. The van der Waals surface area contributed by atoms with Crippen molar-refractivity contribution in [3.05, 3.63) is 36.7 Å². The minimum atomic E-state index is -0.391. The van der Waals surface area contributed by atoms with E-state index < -0.39 is 6.23 Å². The van der Waals surface area contributed by atoms with Crippen LogP contribution in [0, 0.1) is 0 Å². The molecule has 1 aromatic heterocycles. The Morgan fingerprint density at radius 2 is 1.76 bits per heavy atom. The Bertz CT molecular complexity index is 480. The van der Waals surface area contributed by atoms with Gasteiger partial charge in [-0.1, -0.05) is 0 Å². The number of phenols is 1. The van der Waals surface area contributed by atoms with Crippen LogP contribution in [0.4, 0.5) is 0 Å². The lowest BCUT2D eigenvalue weighted by Crippen LogP contribution is -2.22. The fraction of sp³-hybridized carbons (Fsp3) is 0.167. The zero-order valence-electron chi connectivity index (χ0n) is 9.37. The summed E-state index contributed by atoms with van der Waals surface area (Å²) in [5.74, 6) is 1.32. The molecule has 0 saturated heterocycles. The highest BCUT2D eigenvalue weighted by atomic mass is 16.5. The van der Waals surface area contributed by atoms with Crippen molar-refractivity contribution in [2.75, 3.05) is 0 Å². The van der Waals surface area contributed by atoms with E-state index in [2.05, 4.69) is 9.97 Å². The zero-order valence-corrected chi connectivity index (χ0v) is 9.37. The summed E-state index contributed by atoms with van der Waals surface area (Å²) >= 11 is 0. The van der Waals surface area contributed by atoms with Gasteiger partial charge in [0.1, 0.15) is 12.0 Å². The molecule has 0 spiro atoms. The molecule has 1 heterocycles. The molecule has 3 N–H and O–H groups in total. The first-order chi connectivity index (χ1) is 8.15. The summed E-state index contributed by atoms with van der Waals surface area (Å²) in [5, 5.41) is 9.17. The van der Waals surface area contributed by atoms with Gasteiger partial charge in [-0.3, -0.25) is 5.73 Å². The molecule has 0 saturated carbocycles. The van der Waals surface area contributed by atoms with Crippen LogP contribution >= 0.6 is 0 Å². The molecule has 0 fully saturated rings. The van der Waals surface area contributed by atoms with Crippen LogP contribution in [-0.2, 0) is 0 Å². The summed E-state index contributed by atoms with van der Waals surface area (Å²) in [5.41, 5.74) is 6.31. The molecule has 1 aromatic carbocycles. The van der Waals surface area contributed by atoms with Crippen LogP contribution in [-0.4, -0.2) is 21.3 Å². The standard InChI is InChI=1S/C12H13N3O2/c1-8(13)17-11-6-14-12(15-7-11)9-2-4-10(16)5-3-9/h2-8,16H,13H2,1H3. The van der Waals surface area contributed by atoms with Gasteiger partial charge in [-0.05, 0) is 31.2 Å². The zero-order chi connectivity index (χ0) is 12.3. The van der Waals surface area contributed by atoms with E-state index in [9.17, 15) is 5.11 Å². The first-order valence-corrected chi connectivity index (χ1v) is 5.19. The summed E-state index contributed by atoms with van der Waals surface area (Å²) in [6.45, 7) is 1.73. The Hall–Kier alpha value is -2.14. The number of hydrogen-bond donors (Lipinski definition) is 2. The van der Waals surface area contributed by atoms with Crippen LogP contribution in [0.1, 0.15) is 6.92 Å². The van der Waals surface area contributed by atoms with Crippen molar-refractivity contribution in [3.63, 3.8) is 0 Å². The first kappa shape index (κ1) is 11.3. The van der Waals surface area contributed by atoms with Crippen LogP contribution in [0.15, 0.2) is 36.7 Å². The number of rotatable bonds is 3. The third kappa shape index (κ3) is 2.92. The van der Waals surface area contributed by atoms with Gasteiger partial charge in [0.2, 0.25) is 0 Å². The van der Waals surface area contributed by atoms with Crippen molar-refractivity contribution >= 4 is 0 Å². The van der Waals surface area contributed by atoms with Crippen molar-refractivity contribution in [3.8, 4) is 22.9 Å². The van der Waals surface area contributed by atoms with Gasteiger partial charge in [-0.2, -0.15) is 0 Å². The van der Waals surface area contributed by atoms with Gasteiger partial charge in [0.15, 0.2) is 11.6 Å². The van der Waals surface area contributed by atoms with Gasteiger partial charge in [-0.25, -0.2) is 9.97 Å². The largest absolute Gasteiger partial charge is 0.508 e. The summed E-state index contributed by atoms with van der Waals surface area (Å²) in [4.78, 5) is 8.32. The van der Waals surface area contributed by atoms with E-state index in [1.807, 2.05) is 0 Å². The monoisotopic (exact) mass is 231 g/mol. The maximum atomic E-state index is 9.17. The van der Waals surface area contributed by atoms with Crippen molar-refractivity contribution in [1.29, 1.82) is 0 Å². The second kappa shape index (κ2) is 4.80. The molecular weight excluding hydrogens is 218 g/mol. The second-order valence-electron chi connectivity index (χ2n) is 3.61. The van der Waals surface area contributed by atoms with Crippen molar-refractivity contribution in [2.24, 2.45) is 5.73 Å². The SMILES string of the molecule is CC(N)Oc1cnc(-c2ccc(O)cc2)nc1. The van der Waals surface area contributed by atoms with E-state index in [0.29, 0.717) is 11.6 Å². The Morgan fingerprint density at radius 3 is 2.29 bits per heavy atom. The first-order valence-electron chi connectivity index (χ1n) is 5.19. The molecule has 0 bridgehead atoms. The van der Waals surface area contributed by atoms with Gasteiger partial charge in [0.05, 0.1) is 12.4 Å². The van der Waals surface area contributed by atoms with Crippen LogP contribution in [0.3, 0.4) is 0 Å². The summed E-state index contributed by atoms with van der Waals surface area (Å²) in [6, 6.07) is 6.67. The molecule has 1 unspecified atom stereocenters. The van der Waals surface area contributed by atoms with Gasteiger partial charge < -0.3 is 9.84 Å². The Morgan fingerprint density at radius 1 is 1.18 bits per heavy atom. The fourth-order valence-electron chi connectivity index (χ4n) is 1.35. The molecule has 0 radical (unpaired) electrons. The number of aromatic nitrogens is 2. The van der Waals surface area contributed by atoms with Crippen molar-refractivity contribution in [1.82, 2.24) is 9.97 Å². The third-order valence-electron chi connectivity index (χ3n) is 2.08. The molecule has 0 amide bonds. The molecule has 0 aliphatic carbocycles. The minimum Gasteiger partial charge on any atom is -0.508 e. The molecule has 2 aromatic rings. The number of nitrogens with zero attached hydrogens (tertiary/aromatic N) is 2. The van der Waals surface area contributed by atoms with Gasteiger partial charge in [-0.15, -0.1) is 0 Å². The second-order valence-corrected chi connectivity index (χ2v) is 3.61. The number of aromatic hydroxyl groups is 1. The van der Waals surface area contributed by atoms with Crippen molar-refractivity contribution < 1.29 is 9.84 Å². The molecular formula is C12H13N3O2. The maximum Gasteiger partial charge on any atom is 0.159 e. The number of hydrogen-bond acceptors (Lipinski definition) is 5. The predicted octanol–water partition coefficient (Wildman–Crippen LogP) is 1.53. The van der Waals surface area contributed by atoms with E-state index in [1.165, 1.54) is 0 Å². The smallest absolute Gasteiger partial charge is 0.159 e. The Balaban J connectivity index is 2.20. The predicted molar refractivity (Wildman–Crippen MR) is 63.4 cm³/mol. The molecule has 5 nitrogen and oxygen atoms in total. The van der Waals surface area contributed by atoms with Crippen LogP contribution in [0.2, 0.25) is 0 Å². The van der Waals surface area contributed by atoms with Crippen LogP contribution in [0.25, 0.3) is 11.4 Å². The summed E-state index contributed by atoms with van der Waals surface area (Å²) in [7, 11) is 0. The highest BCUT2D eigenvalue weighted by Crippen LogP contribution is 2.19. The van der Waals surface area contributed by atoms with E-state index >= 15 is 0 Å². The van der Waals surface area contributed by atoms with Crippen molar-refractivity contribution in [2.45, 2.75) is 13.2 Å². The lowest BCUT2D eigenvalue weighted by molar-refractivity contribution is 0.228. The number of phenolic OH excluding ortho intramolecular Hbond substituents is 1. The molecule has 88 valence electrons. The van der Waals surface area contributed by atoms with Crippen LogP contribution in [0.5, 0.6) is 11.5 Å².